The van der Waals surface area contributed by atoms with Crippen molar-refractivity contribution in [2.75, 3.05) is 6.54 Å². The lowest BCUT2D eigenvalue weighted by Crippen LogP contribution is -2.62. The number of carbonyl (C=O) groups is 5. The molecule has 0 radical (unpaired) electrons. The zero-order valence-electron chi connectivity index (χ0n) is 33.8. The fraction of sp³-hybridized carbons (Fsp3) is 0.714. The van der Waals surface area contributed by atoms with Crippen LogP contribution in [0, 0.1) is 23.2 Å². The maximum atomic E-state index is 15.4. The molecule has 7 atom stereocenters. The molecule has 4 aliphatic carbocycles. The molecule has 0 bridgehead atoms. The van der Waals surface area contributed by atoms with Crippen molar-refractivity contribution in [3.63, 3.8) is 0 Å². The van der Waals surface area contributed by atoms with Crippen LogP contribution < -0.4 is 21.3 Å². The van der Waals surface area contributed by atoms with E-state index in [1.54, 1.807) is 37.7 Å². The standard InChI is InChI=1S/C42H61F2N7O6/c1-5-12-30(33(52)38(55)46-27-17-18-27)47-37(54)32-28-19-20-42(43,44)29(28)24-51(32)40(57)34(41(2,3)4)49-36(53)31(26-15-10-7-11-16-26)48-39(56)35-45-21-22-50(35)23-25-13-8-6-9-14-25/h6,8,13,21-22,26-34,52H,5,7,9-12,14-20,23-24H2,1-4H3,(H,46,55)(H,47,54)(H,48,56)(H,49,53)/t28-,29-,30-,31?,32-,33?,34?/m0/s1. The highest BCUT2D eigenvalue weighted by atomic mass is 19.3. The van der Waals surface area contributed by atoms with Crippen LogP contribution in [-0.4, -0.2) is 97.9 Å². The van der Waals surface area contributed by atoms with Gasteiger partial charge in [-0.3, -0.25) is 24.0 Å². The predicted octanol–water partition coefficient (Wildman–Crippen LogP) is 4.17. The third-order valence-electron chi connectivity index (χ3n) is 12.5. The first-order valence-electron chi connectivity index (χ1n) is 21.0. The van der Waals surface area contributed by atoms with Crippen LogP contribution in [0.2, 0.25) is 0 Å². The van der Waals surface area contributed by atoms with Crippen LogP contribution in [0.15, 0.2) is 36.2 Å². The number of allylic oxidation sites excluding steroid dienone is 4. The highest BCUT2D eigenvalue weighted by Crippen LogP contribution is 2.51. The molecular formula is C42H61F2N7O6. The molecule has 1 aliphatic heterocycles. The number of hydrogen-bond acceptors (Lipinski definition) is 7. The van der Waals surface area contributed by atoms with Crippen molar-refractivity contribution < 1.29 is 37.9 Å². The molecule has 5 aliphatic rings. The molecule has 1 aromatic heterocycles. The van der Waals surface area contributed by atoms with E-state index in [0.717, 1.165) is 50.5 Å². The van der Waals surface area contributed by atoms with Gasteiger partial charge in [-0.15, -0.1) is 0 Å². The summed E-state index contributed by atoms with van der Waals surface area (Å²) in [6, 6.07) is -4.57. The molecule has 314 valence electrons. The van der Waals surface area contributed by atoms with Gasteiger partial charge in [0.15, 0.2) is 11.9 Å². The summed E-state index contributed by atoms with van der Waals surface area (Å²) in [5.74, 6) is -8.40. The highest BCUT2D eigenvalue weighted by molar-refractivity contribution is 5.98. The van der Waals surface area contributed by atoms with E-state index in [2.05, 4.69) is 32.3 Å². The van der Waals surface area contributed by atoms with Crippen molar-refractivity contribution in [3.8, 4) is 0 Å². The molecule has 5 amide bonds. The second kappa shape index (κ2) is 17.8. The Morgan fingerprint density at radius 2 is 1.74 bits per heavy atom. The quantitative estimate of drug-likeness (QED) is 0.177. The van der Waals surface area contributed by atoms with Crippen molar-refractivity contribution in [1.82, 2.24) is 35.7 Å². The third kappa shape index (κ3) is 9.94. The molecule has 15 heteroatoms. The Kier molecular flexibility index (Phi) is 13.2. The van der Waals surface area contributed by atoms with Gasteiger partial charge in [-0.05, 0) is 68.6 Å². The number of nitrogens with zero attached hydrogens (tertiary/aromatic N) is 3. The number of amides is 5. The van der Waals surface area contributed by atoms with E-state index in [9.17, 15) is 29.1 Å². The highest BCUT2D eigenvalue weighted by Gasteiger charge is 2.61. The van der Waals surface area contributed by atoms with E-state index < -0.39 is 95.9 Å². The summed E-state index contributed by atoms with van der Waals surface area (Å²) >= 11 is 0. The van der Waals surface area contributed by atoms with Crippen LogP contribution in [-0.2, 0) is 25.7 Å². The number of imidazole rings is 1. The zero-order chi connectivity index (χ0) is 41.1. The van der Waals surface area contributed by atoms with Gasteiger partial charge in [0.05, 0.1) is 6.04 Å². The summed E-state index contributed by atoms with van der Waals surface area (Å²) in [5, 5.41) is 22.4. The maximum absolute atomic E-state index is 15.4. The van der Waals surface area contributed by atoms with E-state index in [1.165, 1.54) is 4.90 Å². The van der Waals surface area contributed by atoms with Crippen molar-refractivity contribution in [3.05, 3.63) is 42.0 Å². The number of halogens is 2. The predicted molar refractivity (Wildman–Crippen MR) is 209 cm³/mol. The summed E-state index contributed by atoms with van der Waals surface area (Å²) in [5.41, 5.74) is 0.208. The first kappa shape index (κ1) is 42.5. The van der Waals surface area contributed by atoms with Crippen molar-refractivity contribution in [2.24, 2.45) is 23.2 Å². The van der Waals surface area contributed by atoms with Crippen LogP contribution in [0.25, 0.3) is 0 Å². The molecular weight excluding hydrogens is 737 g/mol. The third-order valence-corrected chi connectivity index (χ3v) is 12.5. The van der Waals surface area contributed by atoms with E-state index in [1.807, 2.05) is 19.1 Å². The van der Waals surface area contributed by atoms with E-state index >= 15 is 8.78 Å². The molecule has 13 nitrogen and oxygen atoms in total. The summed E-state index contributed by atoms with van der Waals surface area (Å²) in [6.45, 7) is 7.18. The van der Waals surface area contributed by atoms with Gasteiger partial charge < -0.3 is 35.8 Å². The molecule has 2 heterocycles. The van der Waals surface area contributed by atoms with E-state index in [4.69, 9.17) is 0 Å². The Morgan fingerprint density at radius 3 is 2.39 bits per heavy atom. The van der Waals surface area contributed by atoms with E-state index in [-0.39, 0.29) is 30.6 Å². The number of aliphatic hydroxyl groups excluding tert-OH is 1. The zero-order valence-corrected chi connectivity index (χ0v) is 33.8. The minimum atomic E-state index is -3.11. The normalized spacial score (nSPS) is 25.4. The van der Waals surface area contributed by atoms with Gasteiger partial charge in [0.2, 0.25) is 17.7 Å². The Labute approximate surface area is 334 Å². The van der Waals surface area contributed by atoms with Gasteiger partial charge >= 0.3 is 0 Å². The lowest BCUT2D eigenvalue weighted by molar-refractivity contribution is -0.146. The Hall–Kier alpha value is -4.14. The van der Waals surface area contributed by atoms with Gasteiger partial charge in [0, 0.05) is 43.9 Å². The fourth-order valence-electron chi connectivity index (χ4n) is 9.18. The van der Waals surface area contributed by atoms with Crippen LogP contribution in [0.1, 0.15) is 122 Å². The monoisotopic (exact) mass is 797 g/mol. The largest absolute Gasteiger partial charge is 0.381 e. The fourth-order valence-corrected chi connectivity index (χ4v) is 9.18. The summed E-state index contributed by atoms with van der Waals surface area (Å²) in [4.78, 5) is 75.6. The average Bonchev–Trinajstić information content (AvgIpc) is 3.58. The number of aromatic nitrogens is 2. The number of carbonyl (C=O) groups excluding carboxylic acids is 5. The smallest absolute Gasteiger partial charge is 0.287 e. The Morgan fingerprint density at radius 1 is 1.00 bits per heavy atom. The van der Waals surface area contributed by atoms with Gasteiger partial charge in [0.1, 0.15) is 18.1 Å². The summed E-state index contributed by atoms with van der Waals surface area (Å²) < 4.78 is 32.5. The van der Waals surface area contributed by atoms with E-state index in [0.29, 0.717) is 25.8 Å². The molecule has 1 saturated heterocycles. The minimum absolute atomic E-state index is 0.00870. The van der Waals surface area contributed by atoms with Crippen LogP contribution in [0.5, 0.6) is 0 Å². The first-order valence-corrected chi connectivity index (χ1v) is 21.0. The number of nitrogens with one attached hydrogen (secondary N) is 4. The van der Waals surface area contributed by atoms with Crippen molar-refractivity contribution in [1.29, 1.82) is 0 Å². The Balaban J connectivity index is 1.23. The first-order chi connectivity index (χ1) is 27.1. The maximum Gasteiger partial charge on any atom is 0.287 e. The Bertz CT molecular complexity index is 1710. The number of hydrogen-bond donors (Lipinski definition) is 5. The molecule has 0 spiro atoms. The minimum Gasteiger partial charge on any atom is -0.381 e. The molecule has 0 aromatic carbocycles. The molecule has 1 aromatic rings. The number of aliphatic hydroxyl groups is 1. The van der Waals surface area contributed by atoms with Crippen LogP contribution in [0.3, 0.4) is 0 Å². The van der Waals surface area contributed by atoms with Crippen LogP contribution >= 0.6 is 0 Å². The van der Waals surface area contributed by atoms with Gasteiger partial charge in [-0.1, -0.05) is 77.2 Å². The second-order valence-corrected chi connectivity index (χ2v) is 18.0. The lowest BCUT2D eigenvalue weighted by atomic mass is 9.82. The number of fused-ring (bicyclic) bond motifs is 1. The number of alkyl halides is 2. The average molecular weight is 798 g/mol. The molecule has 5 N–H and O–H groups in total. The molecule has 4 fully saturated rings. The number of likely N-dealkylation sites (tertiary alicyclic amines) is 1. The van der Waals surface area contributed by atoms with Gasteiger partial charge in [-0.2, -0.15) is 0 Å². The van der Waals surface area contributed by atoms with Gasteiger partial charge in [-0.25, -0.2) is 13.8 Å². The summed E-state index contributed by atoms with van der Waals surface area (Å²) in [6.07, 6.45) is 15.7. The SMILES string of the molecule is CCC[C@H](NC(=O)[C@@H]1[C@H]2CCC(F)(F)[C@H]2CN1C(=O)C(NC(=O)C(NC(=O)c1nccn1CC1=CC=CCC1)C1CCCCC1)C(C)(C)C)C(O)C(=O)NC1CC1. The van der Waals surface area contributed by atoms with Crippen LogP contribution in [0.4, 0.5) is 8.78 Å². The van der Waals surface area contributed by atoms with Crippen molar-refractivity contribution in [2.45, 2.75) is 160 Å². The molecule has 6 rings (SSSR count). The molecule has 3 unspecified atom stereocenters. The molecule has 57 heavy (non-hydrogen) atoms. The van der Waals surface area contributed by atoms with Gasteiger partial charge in [0.25, 0.3) is 17.7 Å². The summed E-state index contributed by atoms with van der Waals surface area (Å²) in [7, 11) is 0. The van der Waals surface area contributed by atoms with Crippen molar-refractivity contribution >= 4 is 29.5 Å². The molecule has 3 saturated carbocycles. The number of rotatable bonds is 15. The topological polar surface area (TPSA) is 175 Å². The second-order valence-electron chi connectivity index (χ2n) is 18.0. The lowest BCUT2D eigenvalue weighted by Gasteiger charge is -2.38.